The summed E-state index contributed by atoms with van der Waals surface area (Å²) < 4.78 is 0. The molecule has 0 atom stereocenters. The van der Waals surface area contributed by atoms with Gasteiger partial charge in [0.1, 0.15) is 0 Å². The van der Waals surface area contributed by atoms with Crippen LogP contribution in [0.15, 0.2) is 41.1 Å². The highest BCUT2D eigenvalue weighted by molar-refractivity contribution is 7.98. The number of hydrogen-bond donors (Lipinski definition) is 2. The van der Waals surface area contributed by atoms with Crippen molar-refractivity contribution in [3.63, 3.8) is 0 Å². The molecule has 3 rings (SSSR count). The Bertz CT molecular complexity index is 743. The van der Waals surface area contributed by atoms with Crippen molar-refractivity contribution in [1.82, 2.24) is 10.2 Å². The maximum atomic E-state index is 12.1. The number of benzene rings is 1. The molecule has 0 radical (unpaired) electrons. The second-order valence-corrected chi connectivity index (χ2v) is 8.46. The first kappa shape index (κ1) is 19.9. The molecule has 2 heterocycles. The standard InChI is InChI=1S/C20H25N3O2S2/c24-19(21-7-11-27-15-17-6-10-26-14-17)20(25)22-18-5-3-4-16(12-18)13-23-8-1-2-9-23/h3-6,10,12,14H,1-2,7-9,11,13,15H2,(H,21,24)(H,22,25). The normalized spacial score (nSPS) is 14.2. The molecule has 144 valence electrons. The van der Waals surface area contributed by atoms with Crippen LogP contribution in [-0.4, -0.2) is 42.1 Å². The van der Waals surface area contributed by atoms with Crippen molar-refractivity contribution in [2.75, 3.05) is 30.7 Å². The third-order valence-corrected chi connectivity index (χ3v) is 6.14. The van der Waals surface area contributed by atoms with Crippen LogP contribution in [0.25, 0.3) is 0 Å². The molecule has 7 heteroatoms. The fourth-order valence-electron chi connectivity index (χ4n) is 3.02. The van der Waals surface area contributed by atoms with E-state index < -0.39 is 11.8 Å². The Hall–Kier alpha value is -1.83. The van der Waals surface area contributed by atoms with Gasteiger partial charge in [0, 0.05) is 30.3 Å². The van der Waals surface area contributed by atoms with Gasteiger partial charge >= 0.3 is 11.8 Å². The van der Waals surface area contributed by atoms with Crippen molar-refractivity contribution in [3.05, 3.63) is 52.2 Å². The van der Waals surface area contributed by atoms with Gasteiger partial charge in [0.05, 0.1) is 0 Å². The molecule has 2 N–H and O–H groups in total. The summed E-state index contributed by atoms with van der Waals surface area (Å²) in [7, 11) is 0. The van der Waals surface area contributed by atoms with E-state index in [0.717, 1.165) is 36.7 Å². The average molecular weight is 404 g/mol. The average Bonchev–Trinajstić information content (AvgIpc) is 3.35. The van der Waals surface area contributed by atoms with E-state index in [0.29, 0.717) is 12.2 Å². The van der Waals surface area contributed by atoms with E-state index in [1.165, 1.54) is 18.4 Å². The van der Waals surface area contributed by atoms with Crippen LogP contribution in [0.5, 0.6) is 0 Å². The number of amides is 2. The van der Waals surface area contributed by atoms with Crippen molar-refractivity contribution >= 4 is 40.6 Å². The number of likely N-dealkylation sites (tertiary alicyclic amines) is 1. The minimum absolute atomic E-state index is 0.482. The molecule has 1 aromatic heterocycles. The Morgan fingerprint density at radius 2 is 1.96 bits per heavy atom. The van der Waals surface area contributed by atoms with E-state index in [1.54, 1.807) is 23.1 Å². The highest BCUT2D eigenvalue weighted by Crippen LogP contribution is 2.16. The molecule has 1 aliphatic rings. The molecule has 1 aliphatic heterocycles. The minimum Gasteiger partial charge on any atom is -0.347 e. The summed E-state index contributed by atoms with van der Waals surface area (Å²) in [4.78, 5) is 26.4. The van der Waals surface area contributed by atoms with Gasteiger partial charge in [-0.2, -0.15) is 23.1 Å². The smallest absolute Gasteiger partial charge is 0.313 e. The molecule has 0 unspecified atom stereocenters. The van der Waals surface area contributed by atoms with E-state index in [2.05, 4.69) is 38.4 Å². The topological polar surface area (TPSA) is 61.4 Å². The molecule has 0 spiro atoms. The zero-order chi connectivity index (χ0) is 18.9. The second-order valence-electron chi connectivity index (χ2n) is 6.58. The van der Waals surface area contributed by atoms with Crippen LogP contribution < -0.4 is 10.6 Å². The zero-order valence-corrected chi connectivity index (χ0v) is 16.9. The number of carbonyl (C=O) groups is 2. The third-order valence-electron chi connectivity index (χ3n) is 4.38. The van der Waals surface area contributed by atoms with Crippen LogP contribution in [0.1, 0.15) is 24.0 Å². The number of thiophene rings is 1. The summed E-state index contributed by atoms with van der Waals surface area (Å²) in [5, 5.41) is 9.55. The van der Waals surface area contributed by atoms with Crippen molar-refractivity contribution in [2.24, 2.45) is 0 Å². The number of nitrogens with zero attached hydrogens (tertiary/aromatic N) is 1. The molecule has 2 amide bonds. The first-order chi connectivity index (χ1) is 13.2. The van der Waals surface area contributed by atoms with Gasteiger partial charge in [0.2, 0.25) is 0 Å². The van der Waals surface area contributed by atoms with Gasteiger partial charge in [-0.1, -0.05) is 12.1 Å². The number of hydrogen-bond acceptors (Lipinski definition) is 5. The van der Waals surface area contributed by atoms with Gasteiger partial charge in [-0.15, -0.1) is 0 Å². The molecule has 0 saturated carbocycles. The van der Waals surface area contributed by atoms with Crippen molar-refractivity contribution in [2.45, 2.75) is 25.1 Å². The van der Waals surface area contributed by atoms with Crippen molar-refractivity contribution in [3.8, 4) is 0 Å². The monoisotopic (exact) mass is 403 g/mol. The maximum Gasteiger partial charge on any atom is 0.313 e. The molecule has 2 aromatic rings. The highest BCUT2D eigenvalue weighted by Gasteiger charge is 2.14. The molecule has 1 saturated heterocycles. The number of anilines is 1. The van der Waals surface area contributed by atoms with E-state index in [1.807, 2.05) is 18.2 Å². The Labute approximate surface area is 168 Å². The summed E-state index contributed by atoms with van der Waals surface area (Å²) in [6.07, 6.45) is 2.50. The summed E-state index contributed by atoms with van der Waals surface area (Å²) in [5.74, 6) is 0.502. The highest BCUT2D eigenvalue weighted by atomic mass is 32.2. The van der Waals surface area contributed by atoms with E-state index >= 15 is 0 Å². The van der Waals surface area contributed by atoms with Crippen LogP contribution >= 0.6 is 23.1 Å². The van der Waals surface area contributed by atoms with E-state index in [-0.39, 0.29) is 0 Å². The molecule has 1 fully saturated rings. The van der Waals surface area contributed by atoms with E-state index in [4.69, 9.17) is 0 Å². The number of rotatable bonds is 8. The predicted molar refractivity (Wildman–Crippen MR) is 113 cm³/mol. The Morgan fingerprint density at radius 3 is 2.74 bits per heavy atom. The zero-order valence-electron chi connectivity index (χ0n) is 15.3. The van der Waals surface area contributed by atoms with Gasteiger partial charge in [0.15, 0.2) is 0 Å². The summed E-state index contributed by atoms with van der Waals surface area (Å²) in [5.41, 5.74) is 3.11. The minimum atomic E-state index is -0.615. The van der Waals surface area contributed by atoms with Gasteiger partial charge in [-0.3, -0.25) is 14.5 Å². The lowest BCUT2D eigenvalue weighted by Crippen LogP contribution is -2.36. The summed E-state index contributed by atoms with van der Waals surface area (Å²) in [6, 6.07) is 9.83. The number of carbonyl (C=O) groups excluding carboxylic acids is 2. The lowest BCUT2D eigenvalue weighted by atomic mass is 10.2. The molecular weight excluding hydrogens is 378 g/mol. The molecule has 0 bridgehead atoms. The van der Waals surface area contributed by atoms with Gasteiger partial charge in [-0.05, 0) is 66.0 Å². The fraction of sp³-hybridized carbons (Fsp3) is 0.400. The Morgan fingerprint density at radius 1 is 1.11 bits per heavy atom. The Kier molecular flexibility index (Phi) is 7.74. The van der Waals surface area contributed by atoms with Crippen LogP contribution in [0.2, 0.25) is 0 Å². The lowest BCUT2D eigenvalue weighted by Gasteiger charge is -2.15. The maximum absolute atomic E-state index is 12.1. The van der Waals surface area contributed by atoms with Gasteiger partial charge < -0.3 is 10.6 Å². The fourth-order valence-corrected chi connectivity index (χ4v) is 4.60. The lowest BCUT2D eigenvalue weighted by molar-refractivity contribution is -0.136. The number of nitrogens with one attached hydrogen (secondary N) is 2. The summed E-state index contributed by atoms with van der Waals surface area (Å²) in [6.45, 7) is 3.63. The predicted octanol–water partition coefficient (Wildman–Crippen LogP) is 3.33. The Balaban J connectivity index is 1.37. The third kappa shape index (κ3) is 6.68. The molecule has 1 aromatic carbocycles. The molecule has 0 aliphatic carbocycles. The van der Waals surface area contributed by atoms with Crippen LogP contribution in [0.4, 0.5) is 5.69 Å². The first-order valence-electron chi connectivity index (χ1n) is 9.20. The largest absolute Gasteiger partial charge is 0.347 e. The quantitative estimate of drug-likeness (QED) is 0.524. The molecule has 5 nitrogen and oxygen atoms in total. The molecular formula is C20H25N3O2S2. The van der Waals surface area contributed by atoms with Crippen LogP contribution in [-0.2, 0) is 21.9 Å². The SMILES string of the molecule is O=C(NCCSCc1ccsc1)C(=O)Nc1cccc(CN2CCCC2)c1. The van der Waals surface area contributed by atoms with Gasteiger partial charge in [-0.25, -0.2) is 0 Å². The van der Waals surface area contributed by atoms with E-state index in [9.17, 15) is 9.59 Å². The second kappa shape index (κ2) is 10.5. The number of thioether (sulfide) groups is 1. The summed E-state index contributed by atoms with van der Waals surface area (Å²) >= 11 is 3.43. The first-order valence-corrected chi connectivity index (χ1v) is 11.3. The van der Waals surface area contributed by atoms with Crippen LogP contribution in [0, 0.1) is 0 Å². The molecule has 27 heavy (non-hydrogen) atoms. The van der Waals surface area contributed by atoms with Crippen molar-refractivity contribution in [1.29, 1.82) is 0 Å². The van der Waals surface area contributed by atoms with Crippen LogP contribution in [0.3, 0.4) is 0 Å². The van der Waals surface area contributed by atoms with Gasteiger partial charge in [0.25, 0.3) is 0 Å². The van der Waals surface area contributed by atoms with Crippen molar-refractivity contribution < 1.29 is 9.59 Å².